The third kappa shape index (κ3) is 2.65. The molecule has 0 saturated carbocycles. The molecule has 0 aliphatic carbocycles. The Hall–Kier alpha value is -1.95. The van der Waals surface area contributed by atoms with Crippen molar-refractivity contribution >= 4 is 12.1 Å². The molecule has 6 nitrogen and oxygen atoms in total. The molecule has 2 atom stereocenters. The summed E-state index contributed by atoms with van der Waals surface area (Å²) in [5.74, 6) is 0.125. The molecule has 1 amide bonds. The molecule has 96 valence electrons. The van der Waals surface area contributed by atoms with Crippen molar-refractivity contribution in [2.75, 3.05) is 13.1 Å². The molecule has 0 aromatic carbocycles. The minimum absolute atomic E-state index is 0.204. The fourth-order valence-corrected chi connectivity index (χ4v) is 2.21. The first-order valence-electron chi connectivity index (χ1n) is 5.84. The van der Waals surface area contributed by atoms with Gasteiger partial charge in [0.05, 0.1) is 6.21 Å². The van der Waals surface area contributed by atoms with E-state index < -0.39 is 6.04 Å². The average molecular weight is 248 g/mol. The van der Waals surface area contributed by atoms with E-state index in [1.54, 1.807) is 17.3 Å². The molecule has 0 bridgehead atoms. The Morgan fingerprint density at radius 1 is 1.61 bits per heavy atom. The Kier molecular flexibility index (Phi) is 3.88. The monoisotopic (exact) mass is 248 g/mol. The van der Waals surface area contributed by atoms with Crippen molar-refractivity contribution in [1.29, 1.82) is 0 Å². The van der Waals surface area contributed by atoms with E-state index in [9.17, 15) is 4.79 Å². The lowest BCUT2D eigenvalue weighted by molar-refractivity contribution is -0.129. The minimum atomic E-state index is -0.869. The van der Waals surface area contributed by atoms with Gasteiger partial charge in [0.2, 0.25) is 5.91 Å². The van der Waals surface area contributed by atoms with E-state index in [0.717, 1.165) is 12.6 Å². The van der Waals surface area contributed by atoms with Crippen molar-refractivity contribution in [3.05, 3.63) is 30.1 Å². The summed E-state index contributed by atoms with van der Waals surface area (Å²) in [5, 5.41) is 11.2. The molecule has 1 fully saturated rings. The van der Waals surface area contributed by atoms with Gasteiger partial charge in [-0.25, -0.2) is 0 Å². The molecule has 2 heterocycles. The quantitative estimate of drug-likeness (QED) is 0.453. The van der Waals surface area contributed by atoms with Crippen LogP contribution in [0.15, 0.2) is 29.7 Å². The number of likely N-dealkylation sites (tertiary alicyclic amines) is 1. The van der Waals surface area contributed by atoms with Crippen LogP contribution in [0.25, 0.3) is 0 Å². The average Bonchev–Trinajstić information content (AvgIpc) is 2.89. The summed E-state index contributed by atoms with van der Waals surface area (Å²) in [7, 11) is 0. The van der Waals surface area contributed by atoms with Crippen molar-refractivity contribution in [1.82, 2.24) is 9.88 Å². The van der Waals surface area contributed by atoms with Crippen LogP contribution >= 0.6 is 0 Å². The van der Waals surface area contributed by atoms with Gasteiger partial charge in [-0.1, -0.05) is 5.16 Å². The third-order valence-electron chi connectivity index (χ3n) is 3.19. The number of hydrogen-bond acceptors (Lipinski definition) is 5. The maximum Gasteiger partial charge on any atom is 0.245 e. The van der Waals surface area contributed by atoms with E-state index in [2.05, 4.69) is 10.1 Å². The number of pyridine rings is 1. The van der Waals surface area contributed by atoms with Crippen LogP contribution in [0, 0.1) is 0 Å². The summed E-state index contributed by atoms with van der Waals surface area (Å²) in [4.78, 5) is 17.6. The van der Waals surface area contributed by atoms with Crippen LogP contribution < -0.4 is 5.73 Å². The molecular weight excluding hydrogens is 232 g/mol. The van der Waals surface area contributed by atoms with Crippen LogP contribution in [-0.4, -0.2) is 46.3 Å². The van der Waals surface area contributed by atoms with Crippen LogP contribution in [-0.2, 0) is 4.79 Å². The number of rotatable bonds is 3. The second-order valence-electron chi connectivity index (χ2n) is 4.34. The summed E-state index contributed by atoms with van der Waals surface area (Å²) in [5.41, 5.74) is 6.77. The first kappa shape index (κ1) is 12.5. The lowest BCUT2D eigenvalue weighted by Crippen LogP contribution is -2.43. The van der Waals surface area contributed by atoms with Crippen molar-refractivity contribution in [2.45, 2.75) is 18.4 Å². The van der Waals surface area contributed by atoms with Gasteiger partial charge in [0.15, 0.2) is 0 Å². The minimum Gasteiger partial charge on any atom is -0.411 e. The topological polar surface area (TPSA) is 91.8 Å². The van der Waals surface area contributed by atoms with E-state index in [1.807, 2.05) is 12.1 Å². The highest BCUT2D eigenvalue weighted by Crippen LogP contribution is 2.26. The smallest absolute Gasteiger partial charge is 0.245 e. The molecule has 0 spiro atoms. The molecule has 0 radical (unpaired) electrons. The molecule has 2 unspecified atom stereocenters. The summed E-state index contributed by atoms with van der Waals surface area (Å²) >= 11 is 0. The molecule has 2 rings (SSSR count). The number of amides is 1. The fourth-order valence-electron chi connectivity index (χ4n) is 2.21. The Morgan fingerprint density at radius 3 is 3.00 bits per heavy atom. The zero-order chi connectivity index (χ0) is 13.0. The van der Waals surface area contributed by atoms with Crippen molar-refractivity contribution in [3.8, 4) is 0 Å². The number of carbonyl (C=O) groups is 1. The normalized spacial score (nSPS) is 21.4. The molecule has 3 N–H and O–H groups in total. The lowest BCUT2D eigenvalue weighted by Gasteiger charge is -2.18. The van der Waals surface area contributed by atoms with Crippen LogP contribution in [0.1, 0.15) is 17.9 Å². The van der Waals surface area contributed by atoms with Gasteiger partial charge in [-0.2, -0.15) is 0 Å². The molecule has 18 heavy (non-hydrogen) atoms. The van der Waals surface area contributed by atoms with Gasteiger partial charge >= 0.3 is 0 Å². The maximum absolute atomic E-state index is 11.9. The lowest BCUT2D eigenvalue weighted by atomic mass is 10.00. The van der Waals surface area contributed by atoms with Crippen LogP contribution in [0.4, 0.5) is 0 Å². The van der Waals surface area contributed by atoms with Crippen molar-refractivity contribution in [3.63, 3.8) is 0 Å². The molecule has 1 aromatic rings. The first-order chi connectivity index (χ1) is 8.72. The first-order valence-corrected chi connectivity index (χ1v) is 5.84. The molecular formula is C12H16N4O2. The number of nitrogens with zero attached hydrogens (tertiary/aromatic N) is 3. The number of oxime groups is 1. The standard InChI is InChI=1S/C12H16N4O2/c13-11(7-15-18)12(17)16-6-3-10(8-16)9-1-4-14-5-2-9/h1-2,4-5,7,10-11,18H,3,6,8,13H2/b15-7+. The second-order valence-corrected chi connectivity index (χ2v) is 4.34. The van der Waals surface area contributed by atoms with E-state index in [1.165, 1.54) is 5.56 Å². The molecule has 1 saturated heterocycles. The number of hydrogen-bond donors (Lipinski definition) is 2. The molecule has 1 aliphatic heterocycles. The Balaban J connectivity index is 1.98. The Morgan fingerprint density at radius 2 is 2.33 bits per heavy atom. The summed E-state index contributed by atoms with van der Waals surface area (Å²) in [6.45, 7) is 1.33. The number of carbonyl (C=O) groups excluding carboxylic acids is 1. The Bertz CT molecular complexity index is 435. The SMILES string of the molecule is NC(/C=N/O)C(=O)N1CCC(c2ccncc2)C1. The van der Waals surface area contributed by atoms with Gasteiger partial charge in [-0.15, -0.1) is 0 Å². The molecule has 1 aromatic heterocycles. The van der Waals surface area contributed by atoms with E-state index >= 15 is 0 Å². The maximum atomic E-state index is 11.9. The second kappa shape index (κ2) is 5.59. The van der Waals surface area contributed by atoms with E-state index in [0.29, 0.717) is 19.0 Å². The summed E-state index contributed by atoms with van der Waals surface area (Å²) in [6, 6.07) is 3.06. The van der Waals surface area contributed by atoms with Gasteiger partial charge in [-0.05, 0) is 24.1 Å². The zero-order valence-corrected chi connectivity index (χ0v) is 9.94. The number of nitrogens with two attached hydrogens (primary N) is 1. The van der Waals surface area contributed by atoms with Crippen LogP contribution in [0.5, 0.6) is 0 Å². The zero-order valence-electron chi connectivity index (χ0n) is 9.94. The summed E-state index contributed by atoms with van der Waals surface area (Å²) < 4.78 is 0. The van der Waals surface area contributed by atoms with Crippen molar-refractivity contribution < 1.29 is 10.0 Å². The highest BCUT2D eigenvalue weighted by Gasteiger charge is 2.29. The van der Waals surface area contributed by atoms with Gasteiger partial charge in [-0.3, -0.25) is 9.78 Å². The van der Waals surface area contributed by atoms with E-state index in [4.69, 9.17) is 10.9 Å². The van der Waals surface area contributed by atoms with Gasteiger partial charge in [0.1, 0.15) is 6.04 Å². The number of aromatic nitrogens is 1. The highest BCUT2D eigenvalue weighted by atomic mass is 16.4. The van der Waals surface area contributed by atoms with E-state index in [-0.39, 0.29) is 5.91 Å². The van der Waals surface area contributed by atoms with Crippen molar-refractivity contribution in [2.24, 2.45) is 10.9 Å². The predicted octanol–water partition coefficient (Wildman–Crippen LogP) is 0.185. The predicted molar refractivity (Wildman–Crippen MR) is 66.4 cm³/mol. The van der Waals surface area contributed by atoms with Gasteiger partial charge < -0.3 is 15.8 Å². The summed E-state index contributed by atoms with van der Waals surface area (Å²) in [6.07, 6.45) is 5.47. The van der Waals surface area contributed by atoms with Gasteiger partial charge in [0, 0.05) is 31.4 Å². The van der Waals surface area contributed by atoms with Crippen LogP contribution in [0.3, 0.4) is 0 Å². The fraction of sp³-hybridized carbons (Fsp3) is 0.417. The van der Waals surface area contributed by atoms with Crippen LogP contribution in [0.2, 0.25) is 0 Å². The Labute approximate surface area is 105 Å². The largest absolute Gasteiger partial charge is 0.411 e. The third-order valence-corrected chi connectivity index (χ3v) is 3.19. The van der Waals surface area contributed by atoms with Gasteiger partial charge in [0.25, 0.3) is 0 Å². The molecule has 1 aliphatic rings. The highest BCUT2D eigenvalue weighted by molar-refractivity contribution is 5.97. The molecule has 6 heteroatoms.